The summed E-state index contributed by atoms with van der Waals surface area (Å²) in [5.41, 5.74) is 4.01. The lowest BCUT2D eigenvalue weighted by atomic mass is 10.1. The van der Waals surface area contributed by atoms with Gasteiger partial charge in [0.05, 0.1) is 5.69 Å². The summed E-state index contributed by atoms with van der Waals surface area (Å²) >= 11 is 0. The largest absolute Gasteiger partial charge is 0.295 e. The molecule has 3 nitrogen and oxygen atoms in total. The smallest absolute Gasteiger partial charge is 0.271 e. The maximum absolute atomic E-state index is 11.7. The number of hydrogen-bond acceptors (Lipinski definition) is 1. The normalized spacial score (nSPS) is 10.6. The minimum absolute atomic E-state index is 0.00935. The first-order valence-corrected chi connectivity index (χ1v) is 4.95. The Kier molecular flexibility index (Phi) is 2.23. The van der Waals surface area contributed by atoms with Gasteiger partial charge in [-0.1, -0.05) is 18.2 Å². The standard InChI is InChI=1S/C12H14N2O/c1-8-5-4-6-9(2)12(8)14-11(15)7-10(3)13-14/h4-7,13H,1-3H3. The molecule has 0 aliphatic carbocycles. The van der Waals surface area contributed by atoms with E-state index in [9.17, 15) is 4.79 Å². The van der Waals surface area contributed by atoms with Gasteiger partial charge in [-0.05, 0) is 31.9 Å². The van der Waals surface area contributed by atoms with Crippen LogP contribution in [0.25, 0.3) is 5.69 Å². The van der Waals surface area contributed by atoms with Gasteiger partial charge in [0.2, 0.25) is 0 Å². The third-order valence-corrected chi connectivity index (χ3v) is 2.51. The van der Waals surface area contributed by atoms with E-state index in [1.54, 1.807) is 10.7 Å². The zero-order valence-corrected chi connectivity index (χ0v) is 9.16. The lowest BCUT2D eigenvalue weighted by Crippen LogP contribution is -2.15. The van der Waals surface area contributed by atoms with E-state index in [-0.39, 0.29) is 5.56 Å². The van der Waals surface area contributed by atoms with Gasteiger partial charge in [-0.25, -0.2) is 4.68 Å². The molecule has 0 unspecified atom stereocenters. The van der Waals surface area contributed by atoms with E-state index < -0.39 is 0 Å². The average molecular weight is 202 g/mol. The summed E-state index contributed by atoms with van der Waals surface area (Å²) in [6.45, 7) is 5.89. The summed E-state index contributed by atoms with van der Waals surface area (Å²) in [7, 11) is 0. The van der Waals surface area contributed by atoms with Gasteiger partial charge >= 0.3 is 0 Å². The minimum atomic E-state index is -0.00935. The van der Waals surface area contributed by atoms with Gasteiger partial charge in [0.1, 0.15) is 0 Å². The molecular weight excluding hydrogens is 188 g/mol. The van der Waals surface area contributed by atoms with Crippen LogP contribution >= 0.6 is 0 Å². The van der Waals surface area contributed by atoms with E-state index in [4.69, 9.17) is 0 Å². The molecule has 2 aromatic rings. The summed E-state index contributed by atoms with van der Waals surface area (Å²) in [5.74, 6) is 0. The summed E-state index contributed by atoms with van der Waals surface area (Å²) in [5, 5.41) is 3.05. The van der Waals surface area contributed by atoms with Crippen molar-refractivity contribution in [3.05, 3.63) is 51.4 Å². The quantitative estimate of drug-likeness (QED) is 0.755. The van der Waals surface area contributed by atoms with Crippen LogP contribution in [0, 0.1) is 20.8 Å². The fourth-order valence-corrected chi connectivity index (χ4v) is 1.84. The predicted molar refractivity (Wildman–Crippen MR) is 60.6 cm³/mol. The van der Waals surface area contributed by atoms with E-state index >= 15 is 0 Å². The monoisotopic (exact) mass is 202 g/mol. The third kappa shape index (κ3) is 1.61. The Balaban J connectivity index is 2.74. The molecule has 0 amide bonds. The summed E-state index contributed by atoms with van der Waals surface area (Å²) < 4.78 is 1.60. The van der Waals surface area contributed by atoms with Gasteiger partial charge < -0.3 is 0 Å². The van der Waals surface area contributed by atoms with Gasteiger partial charge in [0.25, 0.3) is 5.56 Å². The zero-order valence-electron chi connectivity index (χ0n) is 9.16. The van der Waals surface area contributed by atoms with Crippen LogP contribution in [-0.2, 0) is 0 Å². The van der Waals surface area contributed by atoms with Crippen LogP contribution in [0.15, 0.2) is 29.1 Å². The number of para-hydroxylation sites is 1. The molecule has 0 radical (unpaired) electrons. The van der Waals surface area contributed by atoms with Crippen LogP contribution in [0.5, 0.6) is 0 Å². The molecule has 0 aliphatic rings. The van der Waals surface area contributed by atoms with Crippen molar-refractivity contribution in [2.24, 2.45) is 0 Å². The molecule has 1 heterocycles. The fourth-order valence-electron chi connectivity index (χ4n) is 1.84. The highest BCUT2D eigenvalue weighted by Gasteiger charge is 2.07. The highest BCUT2D eigenvalue weighted by molar-refractivity contribution is 5.46. The van der Waals surface area contributed by atoms with Crippen molar-refractivity contribution in [3.63, 3.8) is 0 Å². The molecule has 0 aliphatic heterocycles. The number of rotatable bonds is 1. The number of nitrogens with one attached hydrogen (secondary N) is 1. The Morgan fingerprint density at radius 3 is 2.20 bits per heavy atom. The van der Waals surface area contributed by atoms with Gasteiger partial charge in [0, 0.05) is 11.8 Å². The summed E-state index contributed by atoms with van der Waals surface area (Å²) in [6, 6.07) is 7.61. The van der Waals surface area contributed by atoms with E-state index in [1.165, 1.54) is 0 Å². The lowest BCUT2D eigenvalue weighted by molar-refractivity contribution is 0.822. The van der Waals surface area contributed by atoms with E-state index in [0.29, 0.717) is 0 Å². The molecule has 0 bridgehead atoms. The van der Waals surface area contributed by atoms with Crippen LogP contribution in [0.3, 0.4) is 0 Å². The SMILES string of the molecule is Cc1cc(=O)n(-c2c(C)cccc2C)[nH]1. The minimum Gasteiger partial charge on any atom is -0.295 e. The number of hydrogen-bond donors (Lipinski definition) is 1. The van der Waals surface area contributed by atoms with E-state index in [1.807, 2.05) is 39.0 Å². The molecule has 1 aromatic heterocycles. The molecule has 15 heavy (non-hydrogen) atoms. The highest BCUT2D eigenvalue weighted by Crippen LogP contribution is 2.16. The molecule has 0 atom stereocenters. The summed E-state index contributed by atoms with van der Waals surface area (Å²) in [6.07, 6.45) is 0. The maximum Gasteiger partial charge on any atom is 0.271 e. The molecule has 78 valence electrons. The van der Waals surface area contributed by atoms with Crippen LogP contribution in [0.1, 0.15) is 16.8 Å². The molecule has 1 aromatic carbocycles. The number of nitrogens with zero attached hydrogens (tertiary/aromatic N) is 1. The molecule has 1 N–H and O–H groups in total. The van der Waals surface area contributed by atoms with Crippen LogP contribution in [-0.4, -0.2) is 9.78 Å². The Morgan fingerprint density at radius 1 is 1.13 bits per heavy atom. The topological polar surface area (TPSA) is 37.8 Å². The number of H-pyrrole nitrogens is 1. The first-order chi connectivity index (χ1) is 7.09. The van der Waals surface area contributed by atoms with Crippen LogP contribution in [0.2, 0.25) is 0 Å². The Labute approximate surface area is 88.4 Å². The van der Waals surface area contributed by atoms with Crippen molar-refractivity contribution < 1.29 is 0 Å². The molecule has 0 fully saturated rings. The first-order valence-electron chi connectivity index (χ1n) is 4.95. The first kappa shape index (κ1) is 9.77. The maximum atomic E-state index is 11.7. The van der Waals surface area contributed by atoms with Crippen molar-refractivity contribution in [2.75, 3.05) is 0 Å². The van der Waals surface area contributed by atoms with E-state index in [0.717, 1.165) is 22.5 Å². The summed E-state index contributed by atoms with van der Waals surface area (Å²) in [4.78, 5) is 11.7. The molecule has 0 spiro atoms. The molecule has 0 saturated heterocycles. The Morgan fingerprint density at radius 2 is 1.73 bits per heavy atom. The second kappa shape index (κ2) is 3.42. The van der Waals surface area contributed by atoms with Crippen molar-refractivity contribution in [1.29, 1.82) is 0 Å². The molecule has 2 rings (SSSR count). The van der Waals surface area contributed by atoms with E-state index in [2.05, 4.69) is 5.10 Å². The number of aromatic nitrogens is 2. The zero-order chi connectivity index (χ0) is 11.0. The van der Waals surface area contributed by atoms with Gasteiger partial charge in [-0.15, -0.1) is 0 Å². The second-order valence-electron chi connectivity index (χ2n) is 3.85. The third-order valence-electron chi connectivity index (χ3n) is 2.51. The second-order valence-corrected chi connectivity index (χ2v) is 3.85. The van der Waals surface area contributed by atoms with Gasteiger partial charge in [-0.3, -0.25) is 9.89 Å². The molecule has 0 saturated carbocycles. The molecular formula is C12H14N2O. The van der Waals surface area contributed by atoms with Crippen LogP contribution in [0.4, 0.5) is 0 Å². The number of aromatic amines is 1. The fraction of sp³-hybridized carbons (Fsp3) is 0.250. The lowest BCUT2D eigenvalue weighted by Gasteiger charge is -2.09. The van der Waals surface area contributed by atoms with Crippen molar-refractivity contribution >= 4 is 0 Å². The highest BCUT2D eigenvalue weighted by atomic mass is 16.1. The van der Waals surface area contributed by atoms with Crippen LogP contribution < -0.4 is 5.56 Å². The predicted octanol–water partition coefficient (Wildman–Crippen LogP) is 2.09. The van der Waals surface area contributed by atoms with Crippen molar-refractivity contribution in [1.82, 2.24) is 9.78 Å². The van der Waals surface area contributed by atoms with Crippen molar-refractivity contribution in [2.45, 2.75) is 20.8 Å². The molecule has 3 heteroatoms. The van der Waals surface area contributed by atoms with Gasteiger partial charge in [-0.2, -0.15) is 0 Å². The Hall–Kier alpha value is -1.77. The number of benzene rings is 1. The van der Waals surface area contributed by atoms with Gasteiger partial charge in [0.15, 0.2) is 0 Å². The number of aryl methyl sites for hydroxylation is 3. The van der Waals surface area contributed by atoms with Crippen molar-refractivity contribution in [3.8, 4) is 5.69 Å². The Bertz CT molecular complexity index is 529. The average Bonchev–Trinajstić information content (AvgIpc) is 2.45.